The van der Waals surface area contributed by atoms with Crippen LogP contribution in [0.1, 0.15) is 26.3 Å². The van der Waals surface area contributed by atoms with E-state index in [4.69, 9.17) is 0 Å². The van der Waals surface area contributed by atoms with Gasteiger partial charge in [-0.25, -0.2) is 0 Å². The van der Waals surface area contributed by atoms with E-state index in [-0.39, 0.29) is 11.2 Å². The first-order valence-electron chi connectivity index (χ1n) is 7.68. The number of rotatable bonds is 2. The van der Waals surface area contributed by atoms with Crippen LogP contribution in [0.4, 0.5) is 11.4 Å². The molecule has 3 aromatic rings. The predicted molar refractivity (Wildman–Crippen MR) is 94.9 cm³/mol. The second kappa shape index (κ2) is 5.84. The second-order valence-electron chi connectivity index (χ2n) is 6.65. The number of hydrogen-bond donors (Lipinski definition) is 1. The maximum Gasteiger partial charge on any atom is 0.143 e. The van der Waals surface area contributed by atoms with Crippen molar-refractivity contribution >= 4 is 22.1 Å². The lowest BCUT2D eigenvalue weighted by Gasteiger charge is -2.19. The zero-order valence-electron chi connectivity index (χ0n) is 13.6. The van der Waals surface area contributed by atoms with Crippen LogP contribution in [0.15, 0.2) is 70.9 Å². The average molecular weight is 304 g/mol. The van der Waals surface area contributed by atoms with Crippen molar-refractivity contribution in [1.82, 2.24) is 0 Å². The Morgan fingerprint density at radius 1 is 0.783 bits per heavy atom. The zero-order valence-corrected chi connectivity index (χ0v) is 13.6. The van der Waals surface area contributed by atoms with Crippen molar-refractivity contribution in [3.63, 3.8) is 0 Å². The lowest BCUT2D eigenvalue weighted by Crippen LogP contribution is -2.10. The fourth-order valence-corrected chi connectivity index (χ4v) is 2.48. The zero-order chi connectivity index (χ0) is 16.4. The molecule has 3 nitrogen and oxygen atoms in total. The summed E-state index contributed by atoms with van der Waals surface area (Å²) in [6.07, 6.45) is 0. The number of hydrogen-bond acceptors (Lipinski definition) is 3. The molecule has 0 heterocycles. The lowest BCUT2D eigenvalue weighted by molar-refractivity contribution is 0.472. The summed E-state index contributed by atoms with van der Waals surface area (Å²) in [6, 6.07) is 19.5. The first-order chi connectivity index (χ1) is 10.9. The molecule has 0 saturated heterocycles. The molecule has 0 spiro atoms. The van der Waals surface area contributed by atoms with Crippen molar-refractivity contribution in [2.45, 2.75) is 26.2 Å². The van der Waals surface area contributed by atoms with Crippen molar-refractivity contribution in [2.75, 3.05) is 0 Å². The molecular formula is C20H20N2O. The Morgan fingerprint density at radius 3 is 2.22 bits per heavy atom. The highest BCUT2D eigenvalue weighted by Gasteiger charge is 2.15. The van der Waals surface area contributed by atoms with Crippen LogP contribution in [0.2, 0.25) is 0 Å². The first-order valence-corrected chi connectivity index (χ1v) is 7.68. The van der Waals surface area contributed by atoms with E-state index in [0.717, 1.165) is 22.0 Å². The lowest BCUT2D eigenvalue weighted by atomic mass is 9.87. The topological polar surface area (TPSA) is 45.0 Å². The highest BCUT2D eigenvalue weighted by molar-refractivity contribution is 5.92. The van der Waals surface area contributed by atoms with Gasteiger partial charge >= 0.3 is 0 Å². The smallest absolute Gasteiger partial charge is 0.143 e. The Bertz CT molecular complexity index is 871. The van der Waals surface area contributed by atoms with Gasteiger partial charge in [0.2, 0.25) is 0 Å². The Morgan fingerprint density at radius 2 is 1.48 bits per heavy atom. The molecule has 0 aromatic heterocycles. The van der Waals surface area contributed by atoms with Crippen molar-refractivity contribution in [2.24, 2.45) is 10.2 Å². The third-order valence-electron chi connectivity index (χ3n) is 3.87. The van der Waals surface area contributed by atoms with Gasteiger partial charge in [0.15, 0.2) is 0 Å². The molecule has 0 saturated carbocycles. The van der Waals surface area contributed by atoms with Crippen LogP contribution in [0.5, 0.6) is 5.75 Å². The van der Waals surface area contributed by atoms with Gasteiger partial charge in [-0.1, -0.05) is 63.2 Å². The SMILES string of the molecule is CC(C)(C)c1ccc(N=Nc2cccc3ccccc23)c(O)c1. The molecule has 3 heteroatoms. The summed E-state index contributed by atoms with van der Waals surface area (Å²) in [5.41, 5.74) is 2.33. The van der Waals surface area contributed by atoms with Crippen molar-refractivity contribution < 1.29 is 5.11 Å². The summed E-state index contributed by atoms with van der Waals surface area (Å²) in [6.45, 7) is 6.33. The maximum atomic E-state index is 10.2. The molecule has 3 aromatic carbocycles. The van der Waals surface area contributed by atoms with Gasteiger partial charge < -0.3 is 5.11 Å². The van der Waals surface area contributed by atoms with Crippen LogP contribution in [-0.2, 0) is 5.41 Å². The standard InChI is InChI=1S/C20H20N2O/c1-20(2,3)15-11-12-18(19(23)13-15)22-21-17-10-6-8-14-7-4-5-9-16(14)17/h4-13,23H,1-3H3. The van der Waals surface area contributed by atoms with E-state index in [9.17, 15) is 5.11 Å². The molecule has 0 unspecified atom stereocenters. The van der Waals surface area contributed by atoms with E-state index < -0.39 is 0 Å². The number of benzene rings is 3. The molecule has 0 amide bonds. The molecule has 0 radical (unpaired) electrons. The normalized spacial score (nSPS) is 12.1. The van der Waals surface area contributed by atoms with Gasteiger partial charge in [0.1, 0.15) is 11.4 Å². The van der Waals surface area contributed by atoms with Crippen molar-refractivity contribution in [3.05, 3.63) is 66.2 Å². The molecule has 0 aliphatic rings. The van der Waals surface area contributed by atoms with Crippen LogP contribution < -0.4 is 0 Å². The molecular weight excluding hydrogens is 284 g/mol. The van der Waals surface area contributed by atoms with Gasteiger partial charge in [0.05, 0.1) is 5.69 Å². The fourth-order valence-electron chi connectivity index (χ4n) is 2.48. The van der Waals surface area contributed by atoms with E-state index >= 15 is 0 Å². The number of fused-ring (bicyclic) bond motifs is 1. The number of azo groups is 1. The van der Waals surface area contributed by atoms with Crippen LogP contribution in [0, 0.1) is 0 Å². The van der Waals surface area contributed by atoms with E-state index in [0.29, 0.717) is 5.69 Å². The molecule has 1 N–H and O–H groups in total. The van der Waals surface area contributed by atoms with E-state index in [2.05, 4.69) is 31.0 Å². The number of nitrogens with zero attached hydrogens (tertiary/aromatic N) is 2. The number of phenols is 1. The monoisotopic (exact) mass is 304 g/mol. The molecule has 23 heavy (non-hydrogen) atoms. The Balaban J connectivity index is 1.96. The van der Waals surface area contributed by atoms with E-state index in [1.165, 1.54) is 0 Å². The Kier molecular flexibility index (Phi) is 3.87. The summed E-state index contributed by atoms with van der Waals surface area (Å²) < 4.78 is 0. The van der Waals surface area contributed by atoms with Crippen molar-refractivity contribution in [3.8, 4) is 5.75 Å². The van der Waals surface area contributed by atoms with Gasteiger partial charge in [-0.05, 0) is 34.6 Å². The minimum absolute atomic E-state index is 0.0111. The largest absolute Gasteiger partial charge is 0.506 e. The number of phenolic OH excluding ortho intramolecular Hbond substituents is 1. The molecule has 0 fully saturated rings. The quantitative estimate of drug-likeness (QED) is 0.558. The van der Waals surface area contributed by atoms with Crippen LogP contribution in [-0.4, -0.2) is 5.11 Å². The van der Waals surface area contributed by atoms with Crippen molar-refractivity contribution in [1.29, 1.82) is 0 Å². The Labute approximate surface area is 136 Å². The summed E-state index contributed by atoms with van der Waals surface area (Å²) in [5.74, 6) is 0.154. The van der Waals surface area contributed by atoms with Crippen LogP contribution in [0.25, 0.3) is 10.8 Å². The third-order valence-corrected chi connectivity index (χ3v) is 3.87. The molecule has 0 aliphatic carbocycles. The van der Waals surface area contributed by atoms with Gasteiger partial charge in [-0.15, -0.1) is 10.2 Å². The van der Waals surface area contributed by atoms with E-state index in [1.54, 1.807) is 6.07 Å². The van der Waals surface area contributed by atoms with Gasteiger partial charge in [0.25, 0.3) is 0 Å². The molecule has 0 bridgehead atoms. The Hall–Kier alpha value is -2.68. The van der Waals surface area contributed by atoms with Crippen LogP contribution in [0.3, 0.4) is 0 Å². The van der Waals surface area contributed by atoms with E-state index in [1.807, 2.05) is 54.6 Å². The highest BCUT2D eigenvalue weighted by Crippen LogP contribution is 2.34. The first kappa shape index (κ1) is 15.2. The number of aromatic hydroxyl groups is 1. The predicted octanol–water partition coefficient (Wildman–Crippen LogP) is 6.26. The summed E-state index contributed by atoms with van der Waals surface area (Å²) in [5, 5.41) is 20.9. The summed E-state index contributed by atoms with van der Waals surface area (Å²) >= 11 is 0. The minimum atomic E-state index is -0.0111. The third kappa shape index (κ3) is 3.24. The fraction of sp³-hybridized carbons (Fsp3) is 0.200. The molecule has 0 aliphatic heterocycles. The summed E-state index contributed by atoms with van der Waals surface area (Å²) in [4.78, 5) is 0. The molecule has 3 rings (SSSR count). The molecule has 116 valence electrons. The van der Waals surface area contributed by atoms with Gasteiger partial charge in [-0.3, -0.25) is 0 Å². The maximum absolute atomic E-state index is 10.2. The van der Waals surface area contributed by atoms with Gasteiger partial charge in [0, 0.05) is 5.39 Å². The second-order valence-corrected chi connectivity index (χ2v) is 6.65. The summed E-state index contributed by atoms with van der Waals surface area (Å²) in [7, 11) is 0. The minimum Gasteiger partial charge on any atom is -0.506 e. The average Bonchev–Trinajstić information content (AvgIpc) is 2.53. The molecule has 0 atom stereocenters. The van der Waals surface area contributed by atoms with Crippen LogP contribution >= 0.6 is 0 Å². The highest BCUT2D eigenvalue weighted by atomic mass is 16.3. The van der Waals surface area contributed by atoms with Gasteiger partial charge in [-0.2, -0.15) is 0 Å².